The Morgan fingerprint density at radius 3 is 3.06 bits per heavy atom. The second kappa shape index (κ2) is 6.27. The van der Waals surface area contributed by atoms with E-state index in [0.717, 1.165) is 42.5 Å². The molecule has 1 fully saturated rings. The van der Waals surface area contributed by atoms with Gasteiger partial charge >= 0.3 is 0 Å². The molecule has 1 atom stereocenters. The smallest absolute Gasteiger partial charge is 0.119 e. The number of ether oxygens (including phenoxy) is 1. The fourth-order valence-electron chi connectivity index (χ4n) is 2.19. The lowest BCUT2D eigenvalue weighted by molar-refractivity contribution is 0.218. The van der Waals surface area contributed by atoms with Gasteiger partial charge in [0, 0.05) is 17.5 Å². The Balaban J connectivity index is 1.89. The van der Waals surface area contributed by atoms with E-state index < -0.39 is 0 Å². The van der Waals surface area contributed by atoms with Crippen molar-refractivity contribution in [1.29, 1.82) is 0 Å². The van der Waals surface area contributed by atoms with Crippen LogP contribution < -0.4 is 10.1 Å². The molecule has 1 aliphatic rings. The van der Waals surface area contributed by atoms with Crippen LogP contribution in [-0.2, 0) is 6.42 Å². The summed E-state index contributed by atoms with van der Waals surface area (Å²) in [5.74, 6) is 1.58. The minimum atomic E-state index is 0.643. The van der Waals surface area contributed by atoms with Crippen molar-refractivity contribution in [2.45, 2.75) is 26.2 Å². The molecule has 0 aliphatic carbocycles. The molecule has 0 bridgehead atoms. The third-order valence-corrected chi connectivity index (χ3v) is 3.65. The fourth-order valence-corrected chi connectivity index (χ4v) is 2.44. The zero-order valence-electron chi connectivity index (χ0n) is 10.3. The van der Waals surface area contributed by atoms with Crippen LogP contribution in [0.4, 0.5) is 0 Å². The number of halogens is 1. The van der Waals surface area contributed by atoms with Gasteiger partial charge in [0.2, 0.25) is 0 Å². The Kier molecular flexibility index (Phi) is 4.69. The summed E-state index contributed by atoms with van der Waals surface area (Å²) in [5.41, 5.74) is 1.16. The van der Waals surface area contributed by atoms with Crippen LogP contribution in [0.25, 0.3) is 0 Å². The van der Waals surface area contributed by atoms with Crippen molar-refractivity contribution in [2.75, 3.05) is 19.7 Å². The van der Waals surface area contributed by atoms with E-state index in [-0.39, 0.29) is 0 Å². The monoisotopic (exact) mass is 253 g/mol. The van der Waals surface area contributed by atoms with Gasteiger partial charge < -0.3 is 10.1 Å². The summed E-state index contributed by atoms with van der Waals surface area (Å²) >= 11 is 6.08. The highest BCUT2D eigenvalue weighted by molar-refractivity contribution is 6.31. The van der Waals surface area contributed by atoms with Gasteiger partial charge in [0.15, 0.2) is 0 Å². The average Bonchev–Trinajstić information content (AvgIpc) is 2.39. The second-order valence-corrected chi connectivity index (χ2v) is 5.04. The van der Waals surface area contributed by atoms with Crippen molar-refractivity contribution in [3.63, 3.8) is 0 Å². The molecule has 1 unspecified atom stereocenters. The first-order valence-corrected chi connectivity index (χ1v) is 6.79. The summed E-state index contributed by atoms with van der Waals surface area (Å²) in [6, 6.07) is 5.94. The van der Waals surface area contributed by atoms with Crippen molar-refractivity contribution in [3.05, 3.63) is 28.8 Å². The van der Waals surface area contributed by atoms with Gasteiger partial charge in [0.25, 0.3) is 0 Å². The Hall–Kier alpha value is -0.730. The lowest BCUT2D eigenvalue weighted by Crippen LogP contribution is -2.33. The highest BCUT2D eigenvalue weighted by Gasteiger charge is 2.13. The molecule has 0 spiro atoms. The first-order valence-electron chi connectivity index (χ1n) is 6.41. The van der Waals surface area contributed by atoms with Gasteiger partial charge in [-0.2, -0.15) is 0 Å². The predicted molar refractivity (Wildman–Crippen MR) is 71.9 cm³/mol. The molecular weight excluding hydrogens is 234 g/mol. The van der Waals surface area contributed by atoms with Crippen molar-refractivity contribution in [3.8, 4) is 5.75 Å². The van der Waals surface area contributed by atoms with Crippen LogP contribution in [0.3, 0.4) is 0 Å². The van der Waals surface area contributed by atoms with E-state index in [9.17, 15) is 0 Å². The molecule has 1 aromatic carbocycles. The van der Waals surface area contributed by atoms with Gasteiger partial charge in [-0.1, -0.05) is 18.5 Å². The van der Waals surface area contributed by atoms with E-state index in [1.807, 2.05) is 12.1 Å². The molecule has 1 aliphatic heterocycles. The first kappa shape index (κ1) is 12.7. The number of piperidine rings is 1. The minimum Gasteiger partial charge on any atom is -0.493 e. The SMILES string of the molecule is CCc1cc(OCC2CCCNC2)ccc1Cl. The summed E-state index contributed by atoms with van der Waals surface area (Å²) in [4.78, 5) is 0. The average molecular weight is 254 g/mol. The predicted octanol–water partition coefficient (Wildman–Crippen LogP) is 3.28. The van der Waals surface area contributed by atoms with Crippen molar-refractivity contribution >= 4 is 11.6 Å². The molecule has 94 valence electrons. The summed E-state index contributed by atoms with van der Waals surface area (Å²) in [6.45, 7) is 5.14. The number of benzene rings is 1. The van der Waals surface area contributed by atoms with E-state index in [4.69, 9.17) is 16.3 Å². The van der Waals surface area contributed by atoms with Crippen molar-refractivity contribution in [1.82, 2.24) is 5.32 Å². The molecule has 0 aromatic heterocycles. The van der Waals surface area contributed by atoms with Gasteiger partial charge in [0.1, 0.15) is 5.75 Å². The van der Waals surface area contributed by atoms with Crippen LogP contribution in [0.2, 0.25) is 5.02 Å². The lowest BCUT2D eigenvalue weighted by atomic mass is 10.0. The molecule has 0 saturated carbocycles. The maximum Gasteiger partial charge on any atom is 0.119 e. The molecule has 1 N–H and O–H groups in total. The van der Waals surface area contributed by atoms with E-state index in [1.54, 1.807) is 0 Å². The quantitative estimate of drug-likeness (QED) is 0.889. The number of aryl methyl sites for hydroxylation is 1. The van der Waals surface area contributed by atoms with Gasteiger partial charge in [0.05, 0.1) is 6.61 Å². The number of rotatable bonds is 4. The molecule has 1 heterocycles. The Bertz CT molecular complexity index is 361. The van der Waals surface area contributed by atoms with Gasteiger partial charge in [-0.25, -0.2) is 0 Å². The highest BCUT2D eigenvalue weighted by Crippen LogP contribution is 2.23. The molecule has 1 aromatic rings. The molecule has 2 rings (SSSR count). The number of hydrogen-bond acceptors (Lipinski definition) is 2. The normalized spacial score (nSPS) is 20.2. The highest BCUT2D eigenvalue weighted by atomic mass is 35.5. The number of nitrogens with one attached hydrogen (secondary N) is 1. The third-order valence-electron chi connectivity index (χ3n) is 3.28. The third kappa shape index (κ3) is 3.62. The van der Waals surface area contributed by atoms with E-state index in [2.05, 4.69) is 18.3 Å². The van der Waals surface area contributed by atoms with Gasteiger partial charge in [-0.15, -0.1) is 0 Å². The zero-order chi connectivity index (χ0) is 12.1. The molecule has 17 heavy (non-hydrogen) atoms. The Labute approximate surface area is 108 Å². The van der Waals surface area contributed by atoms with E-state index in [1.165, 1.54) is 12.8 Å². The van der Waals surface area contributed by atoms with Gasteiger partial charge in [-0.3, -0.25) is 0 Å². The molecule has 2 nitrogen and oxygen atoms in total. The fraction of sp³-hybridized carbons (Fsp3) is 0.571. The van der Waals surface area contributed by atoms with Crippen LogP contribution in [-0.4, -0.2) is 19.7 Å². The van der Waals surface area contributed by atoms with Crippen LogP contribution in [0.15, 0.2) is 18.2 Å². The molecule has 0 amide bonds. The van der Waals surface area contributed by atoms with Crippen LogP contribution in [0, 0.1) is 5.92 Å². The summed E-state index contributed by atoms with van der Waals surface area (Å²) in [5, 5.41) is 4.23. The van der Waals surface area contributed by atoms with Crippen LogP contribution in [0.1, 0.15) is 25.3 Å². The summed E-state index contributed by atoms with van der Waals surface area (Å²) in [6.07, 6.45) is 3.47. The molecule has 1 saturated heterocycles. The maximum atomic E-state index is 6.08. The number of hydrogen-bond donors (Lipinski definition) is 1. The molecular formula is C14H20ClNO. The van der Waals surface area contributed by atoms with E-state index in [0.29, 0.717) is 5.92 Å². The maximum absolute atomic E-state index is 6.08. The summed E-state index contributed by atoms with van der Waals surface area (Å²) < 4.78 is 5.84. The lowest BCUT2D eigenvalue weighted by Gasteiger charge is -2.22. The molecule has 0 radical (unpaired) electrons. The van der Waals surface area contributed by atoms with Crippen molar-refractivity contribution in [2.24, 2.45) is 5.92 Å². The van der Waals surface area contributed by atoms with Crippen LogP contribution in [0.5, 0.6) is 5.75 Å². The Morgan fingerprint density at radius 2 is 2.35 bits per heavy atom. The van der Waals surface area contributed by atoms with Gasteiger partial charge in [-0.05, 0) is 49.6 Å². The largest absolute Gasteiger partial charge is 0.493 e. The summed E-state index contributed by atoms with van der Waals surface area (Å²) in [7, 11) is 0. The standard InChI is InChI=1S/C14H20ClNO/c1-2-12-8-13(5-6-14(12)15)17-10-11-4-3-7-16-9-11/h5-6,8,11,16H,2-4,7,9-10H2,1H3. The second-order valence-electron chi connectivity index (χ2n) is 4.63. The first-order chi connectivity index (χ1) is 8.29. The zero-order valence-corrected chi connectivity index (χ0v) is 11.1. The Morgan fingerprint density at radius 1 is 1.47 bits per heavy atom. The minimum absolute atomic E-state index is 0.643. The topological polar surface area (TPSA) is 21.3 Å². The van der Waals surface area contributed by atoms with Crippen LogP contribution >= 0.6 is 11.6 Å². The van der Waals surface area contributed by atoms with E-state index >= 15 is 0 Å². The molecule has 3 heteroatoms. The van der Waals surface area contributed by atoms with Crippen molar-refractivity contribution < 1.29 is 4.74 Å².